The summed E-state index contributed by atoms with van der Waals surface area (Å²) in [5, 5.41) is 24.1. The molecule has 4 aromatic rings. The molecule has 9 nitrogen and oxygen atoms in total. The number of nitro benzene ring substituents is 1. The van der Waals surface area contributed by atoms with Crippen LogP contribution in [-0.4, -0.2) is 19.7 Å². The van der Waals surface area contributed by atoms with E-state index in [1.165, 1.54) is 40.3 Å². The Morgan fingerprint density at radius 2 is 1.77 bits per heavy atom. The van der Waals surface area contributed by atoms with Crippen molar-refractivity contribution in [3.8, 4) is 16.4 Å². The highest BCUT2D eigenvalue weighted by Crippen LogP contribution is 2.25. The van der Waals surface area contributed by atoms with Crippen molar-refractivity contribution in [1.82, 2.24) is 14.8 Å². The fourth-order valence-corrected chi connectivity index (χ4v) is 3.55. The molecule has 0 unspecified atom stereocenters. The molecule has 0 atom stereocenters. The number of H-pyrrole nitrogens is 1. The van der Waals surface area contributed by atoms with E-state index in [1.807, 2.05) is 36.6 Å². The number of hydrogen-bond donors (Lipinski definition) is 1. The van der Waals surface area contributed by atoms with Crippen LogP contribution < -0.4 is 5.56 Å². The van der Waals surface area contributed by atoms with Crippen LogP contribution >= 0.6 is 11.3 Å². The van der Waals surface area contributed by atoms with Crippen LogP contribution in [0.15, 0.2) is 68.9 Å². The monoisotopic (exact) mass is 420 g/mol. The summed E-state index contributed by atoms with van der Waals surface area (Å²) in [6, 6.07) is 13.6. The van der Waals surface area contributed by atoms with Gasteiger partial charge in [0.15, 0.2) is 5.69 Å². The second-order valence-corrected chi connectivity index (χ2v) is 7.42. The number of non-ortho nitro benzene ring substituents is 1. The number of aromatic amines is 1. The maximum atomic E-state index is 12.8. The van der Waals surface area contributed by atoms with Crippen LogP contribution in [0.1, 0.15) is 11.3 Å². The van der Waals surface area contributed by atoms with Gasteiger partial charge in [-0.1, -0.05) is 29.8 Å². The van der Waals surface area contributed by atoms with Gasteiger partial charge in [0.1, 0.15) is 0 Å². The summed E-state index contributed by atoms with van der Waals surface area (Å²) in [6.45, 7) is 3.74. The molecule has 0 aliphatic rings. The summed E-state index contributed by atoms with van der Waals surface area (Å²) in [5.41, 5.74) is 3.60. The fourth-order valence-electron chi connectivity index (χ4n) is 2.76. The van der Waals surface area contributed by atoms with Crippen LogP contribution in [-0.2, 0) is 0 Å². The number of nitro groups is 1. The quantitative estimate of drug-likeness (QED) is 0.270. The predicted octanol–water partition coefficient (Wildman–Crippen LogP) is 5.23. The third kappa shape index (κ3) is 3.80. The zero-order valence-electron chi connectivity index (χ0n) is 16.1. The Bertz CT molecular complexity index is 1300. The number of azo groups is 1. The number of nitrogens with one attached hydrogen (secondary N) is 1. The van der Waals surface area contributed by atoms with Gasteiger partial charge in [0, 0.05) is 23.1 Å². The van der Waals surface area contributed by atoms with Crippen molar-refractivity contribution in [3.05, 3.63) is 85.6 Å². The van der Waals surface area contributed by atoms with Crippen LogP contribution in [0.4, 0.5) is 17.1 Å². The molecule has 10 heteroatoms. The van der Waals surface area contributed by atoms with Crippen molar-refractivity contribution >= 4 is 28.4 Å². The molecule has 0 fully saturated rings. The zero-order valence-corrected chi connectivity index (χ0v) is 16.9. The Morgan fingerprint density at radius 1 is 1.07 bits per heavy atom. The maximum Gasteiger partial charge on any atom is 0.301 e. The minimum Gasteiger partial charge on any atom is -0.291 e. The first-order chi connectivity index (χ1) is 14.4. The predicted molar refractivity (Wildman–Crippen MR) is 114 cm³/mol. The number of aryl methyl sites for hydroxylation is 2. The lowest BCUT2D eigenvalue weighted by molar-refractivity contribution is -0.384. The largest absolute Gasteiger partial charge is 0.301 e. The van der Waals surface area contributed by atoms with Gasteiger partial charge < -0.3 is 0 Å². The van der Waals surface area contributed by atoms with E-state index in [1.54, 1.807) is 6.92 Å². The van der Waals surface area contributed by atoms with E-state index in [0.717, 1.165) is 16.8 Å². The molecule has 2 aromatic carbocycles. The smallest absolute Gasteiger partial charge is 0.291 e. The number of hydrogen-bond acceptors (Lipinski definition) is 7. The van der Waals surface area contributed by atoms with Crippen molar-refractivity contribution < 1.29 is 4.92 Å². The Hall–Kier alpha value is -3.92. The van der Waals surface area contributed by atoms with Crippen LogP contribution in [0.3, 0.4) is 0 Å². The van der Waals surface area contributed by atoms with Gasteiger partial charge in [-0.15, -0.1) is 16.5 Å². The van der Waals surface area contributed by atoms with Crippen molar-refractivity contribution in [1.29, 1.82) is 0 Å². The average molecular weight is 420 g/mol. The van der Waals surface area contributed by atoms with Gasteiger partial charge in [-0.3, -0.25) is 20.0 Å². The summed E-state index contributed by atoms with van der Waals surface area (Å²) in [5.74, 6) is 0. The van der Waals surface area contributed by atoms with E-state index in [2.05, 4.69) is 20.3 Å². The van der Waals surface area contributed by atoms with Gasteiger partial charge in [-0.25, -0.2) is 4.98 Å². The van der Waals surface area contributed by atoms with E-state index < -0.39 is 4.92 Å². The maximum absolute atomic E-state index is 12.8. The van der Waals surface area contributed by atoms with Gasteiger partial charge in [0.2, 0.25) is 5.13 Å². The Balaban J connectivity index is 1.62. The summed E-state index contributed by atoms with van der Waals surface area (Å²) in [7, 11) is 0. The second kappa shape index (κ2) is 7.84. The Kier molecular flexibility index (Phi) is 5.07. The van der Waals surface area contributed by atoms with Crippen LogP contribution in [0.5, 0.6) is 0 Å². The Morgan fingerprint density at radius 3 is 2.43 bits per heavy atom. The molecule has 0 amide bonds. The van der Waals surface area contributed by atoms with Crippen LogP contribution in [0.2, 0.25) is 0 Å². The number of rotatable bonds is 5. The summed E-state index contributed by atoms with van der Waals surface area (Å²) in [4.78, 5) is 27.6. The van der Waals surface area contributed by atoms with Gasteiger partial charge in [0.05, 0.1) is 22.0 Å². The van der Waals surface area contributed by atoms with Gasteiger partial charge in [-0.2, -0.15) is 9.80 Å². The molecular weight excluding hydrogens is 404 g/mol. The topological polar surface area (TPSA) is 119 Å². The summed E-state index contributed by atoms with van der Waals surface area (Å²) < 4.78 is 1.34. The zero-order chi connectivity index (χ0) is 21.3. The molecule has 0 saturated carbocycles. The van der Waals surface area contributed by atoms with Gasteiger partial charge >= 0.3 is 5.56 Å². The molecule has 2 heterocycles. The molecule has 150 valence electrons. The Labute approximate surface area is 174 Å². The number of aromatic nitrogens is 3. The lowest BCUT2D eigenvalue weighted by atomic mass is 10.1. The van der Waals surface area contributed by atoms with Crippen molar-refractivity contribution in [2.45, 2.75) is 13.8 Å². The van der Waals surface area contributed by atoms with E-state index >= 15 is 0 Å². The molecule has 2 aromatic heterocycles. The van der Waals surface area contributed by atoms with E-state index in [0.29, 0.717) is 16.5 Å². The SMILES string of the molecule is Cc1ccc(-c2csc(-n3[nH]c(C)c(N=Nc4ccc([N+](=O)[O-])cc4)c3=O)n2)cc1. The first-order valence-corrected chi connectivity index (χ1v) is 9.81. The second-order valence-electron chi connectivity index (χ2n) is 6.58. The highest BCUT2D eigenvalue weighted by atomic mass is 32.1. The minimum atomic E-state index is -0.491. The standard InChI is InChI=1S/C20H16N6O3S/c1-12-3-5-14(6-4-12)17-11-30-20(21-17)25-19(27)18(13(2)24-25)23-22-15-7-9-16(10-8-15)26(28)29/h3-11,24H,1-2H3. The van der Waals surface area contributed by atoms with E-state index in [4.69, 9.17) is 0 Å². The molecule has 1 N–H and O–H groups in total. The molecule has 0 spiro atoms. The lowest BCUT2D eigenvalue weighted by Gasteiger charge is -1.97. The molecule has 0 aliphatic carbocycles. The normalized spacial score (nSPS) is 11.3. The summed E-state index contributed by atoms with van der Waals surface area (Å²) in [6.07, 6.45) is 0. The third-order valence-electron chi connectivity index (χ3n) is 4.40. The molecular formula is C20H16N6O3S. The highest BCUT2D eigenvalue weighted by molar-refractivity contribution is 7.12. The number of thiazole rings is 1. The number of nitrogens with zero attached hydrogens (tertiary/aromatic N) is 5. The average Bonchev–Trinajstić information content (AvgIpc) is 3.32. The molecule has 0 bridgehead atoms. The first kappa shape index (κ1) is 19.4. The molecule has 0 saturated heterocycles. The van der Waals surface area contributed by atoms with Crippen molar-refractivity contribution in [2.75, 3.05) is 0 Å². The third-order valence-corrected chi connectivity index (χ3v) is 5.22. The minimum absolute atomic E-state index is 0.0396. The van der Waals surface area contributed by atoms with E-state index in [9.17, 15) is 14.9 Å². The molecule has 4 rings (SSSR count). The van der Waals surface area contributed by atoms with Crippen LogP contribution in [0.25, 0.3) is 16.4 Å². The van der Waals surface area contributed by atoms with E-state index in [-0.39, 0.29) is 16.9 Å². The molecule has 0 aliphatic heterocycles. The van der Waals surface area contributed by atoms with Crippen LogP contribution in [0, 0.1) is 24.0 Å². The number of benzene rings is 2. The molecule has 0 radical (unpaired) electrons. The van der Waals surface area contributed by atoms with Crippen molar-refractivity contribution in [3.63, 3.8) is 0 Å². The van der Waals surface area contributed by atoms with Crippen molar-refractivity contribution in [2.24, 2.45) is 10.2 Å². The van der Waals surface area contributed by atoms with Gasteiger partial charge in [-0.05, 0) is 26.0 Å². The van der Waals surface area contributed by atoms with Gasteiger partial charge in [0.25, 0.3) is 5.69 Å². The highest BCUT2D eigenvalue weighted by Gasteiger charge is 2.15. The first-order valence-electron chi connectivity index (χ1n) is 8.93. The fraction of sp³-hybridized carbons (Fsp3) is 0.100. The lowest BCUT2D eigenvalue weighted by Crippen LogP contribution is -2.13. The molecule has 30 heavy (non-hydrogen) atoms. The summed E-state index contributed by atoms with van der Waals surface area (Å²) >= 11 is 1.34.